The van der Waals surface area contributed by atoms with Crippen molar-refractivity contribution in [3.63, 3.8) is 0 Å². The summed E-state index contributed by atoms with van der Waals surface area (Å²) >= 11 is 0. The summed E-state index contributed by atoms with van der Waals surface area (Å²) in [6.45, 7) is 6.37. The highest BCUT2D eigenvalue weighted by Crippen LogP contribution is 2.29. The molecule has 0 aromatic rings. The van der Waals surface area contributed by atoms with Gasteiger partial charge in [0.15, 0.2) is 0 Å². The van der Waals surface area contributed by atoms with Crippen molar-refractivity contribution in [3.05, 3.63) is 6.92 Å². The Morgan fingerprint density at radius 1 is 1.22 bits per heavy atom. The van der Waals surface area contributed by atoms with Crippen molar-refractivity contribution in [1.29, 1.82) is 0 Å². The van der Waals surface area contributed by atoms with Gasteiger partial charge in [0.25, 0.3) is 0 Å². The van der Waals surface area contributed by atoms with Crippen molar-refractivity contribution in [1.82, 2.24) is 0 Å². The second-order valence-corrected chi connectivity index (χ2v) is 3.29. The van der Waals surface area contributed by atoms with Crippen molar-refractivity contribution in [2.75, 3.05) is 0 Å². The van der Waals surface area contributed by atoms with Crippen molar-refractivity contribution in [2.45, 2.75) is 39.0 Å². The van der Waals surface area contributed by atoms with Gasteiger partial charge in [0, 0.05) is 0 Å². The molecule has 1 rings (SSSR count). The second kappa shape index (κ2) is 3.24. The molecule has 0 bridgehead atoms. The van der Waals surface area contributed by atoms with E-state index in [4.69, 9.17) is 0 Å². The quantitative estimate of drug-likeness (QED) is 0.472. The lowest BCUT2D eigenvalue weighted by molar-refractivity contribution is 0.302. The summed E-state index contributed by atoms with van der Waals surface area (Å²) in [6, 6.07) is 0. The molecule has 1 aliphatic carbocycles. The predicted molar refractivity (Wildman–Crippen MR) is 41.1 cm³/mol. The van der Waals surface area contributed by atoms with Crippen LogP contribution < -0.4 is 0 Å². The molecule has 0 N–H and O–H groups in total. The summed E-state index contributed by atoms with van der Waals surface area (Å²) in [7, 11) is 0. The third kappa shape index (κ3) is 2.00. The van der Waals surface area contributed by atoms with Crippen molar-refractivity contribution in [2.24, 2.45) is 11.8 Å². The van der Waals surface area contributed by atoms with Crippen LogP contribution in [0.5, 0.6) is 0 Å². The molecule has 1 saturated carbocycles. The second-order valence-electron chi connectivity index (χ2n) is 3.29. The van der Waals surface area contributed by atoms with Crippen LogP contribution in [0, 0.1) is 18.8 Å². The number of rotatable bonds is 1. The van der Waals surface area contributed by atoms with Gasteiger partial charge in [-0.25, -0.2) is 0 Å². The van der Waals surface area contributed by atoms with E-state index >= 15 is 0 Å². The first kappa shape index (κ1) is 7.11. The molecule has 0 aromatic carbocycles. The molecule has 0 aromatic heterocycles. The Bertz CT molecular complexity index is 68.1. The number of hydrogen-bond donors (Lipinski definition) is 0. The maximum atomic E-state index is 4.07. The molecular formula is C9H17-. The van der Waals surface area contributed by atoms with E-state index in [1.807, 2.05) is 0 Å². The van der Waals surface area contributed by atoms with Crippen molar-refractivity contribution >= 4 is 0 Å². The van der Waals surface area contributed by atoms with Gasteiger partial charge in [0.2, 0.25) is 0 Å². The summed E-state index contributed by atoms with van der Waals surface area (Å²) in [6.07, 6.45) is 7.00. The van der Waals surface area contributed by atoms with Gasteiger partial charge < -0.3 is 6.92 Å². The largest absolute Gasteiger partial charge is 0.340 e. The highest BCUT2D eigenvalue weighted by Gasteiger charge is 2.12. The average Bonchev–Trinajstić information content (AvgIpc) is 1.90. The first-order valence-corrected chi connectivity index (χ1v) is 4.16. The van der Waals surface area contributed by atoms with E-state index in [-0.39, 0.29) is 0 Å². The first-order chi connectivity index (χ1) is 4.33. The van der Waals surface area contributed by atoms with Gasteiger partial charge in [-0.1, -0.05) is 39.0 Å². The summed E-state index contributed by atoms with van der Waals surface area (Å²) in [4.78, 5) is 0. The lowest BCUT2D eigenvalue weighted by Crippen LogP contribution is -2.11. The number of hydrogen-bond acceptors (Lipinski definition) is 0. The van der Waals surface area contributed by atoms with E-state index in [2.05, 4.69) is 13.8 Å². The zero-order valence-corrected chi connectivity index (χ0v) is 6.40. The van der Waals surface area contributed by atoms with Gasteiger partial charge in [-0.2, -0.15) is 5.92 Å². The molecule has 0 atom stereocenters. The molecule has 1 fully saturated rings. The van der Waals surface area contributed by atoms with Crippen LogP contribution in [-0.4, -0.2) is 0 Å². The van der Waals surface area contributed by atoms with Gasteiger partial charge >= 0.3 is 0 Å². The molecule has 0 heteroatoms. The molecule has 0 radical (unpaired) electrons. The van der Waals surface area contributed by atoms with E-state index in [1.54, 1.807) is 0 Å². The highest BCUT2D eigenvalue weighted by molar-refractivity contribution is 4.72. The van der Waals surface area contributed by atoms with Crippen LogP contribution in [0.1, 0.15) is 39.0 Å². The van der Waals surface area contributed by atoms with Crippen LogP contribution in [0.3, 0.4) is 0 Å². The van der Waals surface area contributed by atoms with E-state index in [0.29, 0.717) is 0 Å². The normalized spacial score (nSPS) is 36.7. The molecule has 0 unspecified atom stereocenters. The Balaban J connectivity index is 2.18. The van der Waals surface area contributed by atoms with E-state index in [0.717, 1.165) is 11.8 Å². The van der Waals surface area contributed by atoms with Crippen LogP contribution in [0.15, 0.2) is 0 Å². The summed E-state index contributed by atoms with van der Waals surface area (Å²) in [5.41, 5.74) is 0. The monoisotopic (exact) mass is 125 g/mol. The lowest BCUT2D eigenvalue weighted by Gasteiger charge is -2.28. The fourth-order valence-electron chi connectivity index (χ4n) is 1.64. The Morgan fingerprint density at radius 2 is 1.78 bits per heavy atom. The summed E-state index contributed by atoms with van der Waals surface area (Å²) in [5.74, 6) is 1.80. The van der Waals surface area contributed by atoms with Gasteiger partial charge in [0.1, 0.15) is 0 Å². The van der Waals surface area contributed by atoms with E-state index < -0.39 is 0 Å². The summed E-state index contributed by atoms with van der Waals surface area (Å²) in [5, 5.41) is 0. The Kier molecular flexibility index (Phi) is 2.56. The fraction of sp³-hybridized carbons (Fsp3) is 0.889. The molecule has 54 valence electrons. The predicted octanol–water partition coefficient (Wildman–Crippen LogP) is 3.04. The van der Waals surface area contributed by atoms with Gasteiger partial charge in [-0.15, -0.1) is 0 Å². The Morgan fingerprint density at radius 3 is 2.22 bits per heavy atom. The topological polar surface area (TPSA) is 0 Å². The SMILES string of the molecule is [CH2-]C1CCC(CC)CC1. The highest BCUT2D eigenvalue weighted by atomic mass is 14.2. The molecule has 0 heterocycles. The molecule has 0 aliphatic heterocycles. The molecule has 1 aliphatic rings. The lowest BCUT2D eigenvalue weighted by atomic mass is 9.82. The maximum Gasteiger partial charge on any atom is -0.0419 e. The van der Waals surface area contributed by atoms with Gasteiger partial charge in [-0.05, 0) is 5.92 Å². The molecule has 0 spiro atoms. The minimum Gasteiger partial charge on any atom is -0.340 e. The third-order valence-corrected chi connectivity index (χ3v) is 2.54. The van der Waals surface area contributed by atoms with Crippen LogP contribution >= 0.6 is 0 Å². The first-order valence-electron chi connectivity index (χ1n) is 4.16. The van der Waals surface area contributed by atoms with Crippen molar-refractivity contribution < 1.29 is 0 Å². The Labute approximate surface area is 58.7 Å². The van der Waals surface area contributed by atoms with Gasteiger partial charge in [-0.3, -0.25) is 0 Å². The maximum absolute atomic E-state index is 4.07. The van der Waals surface area contributed by atoms with Crippen LogP contribution in [-0.2, 0) is 0 Å². The van der Waals surface area contributed by atoms with Gasteiger partial charge in [0.05, 0.1) is 0 Å². The zero-order chi connectivity index (χ0) is 6.69. The minimum absolute atomic E-state index is 0.771. The van der Waals surface area contributed by atoms with Crippen LogP contribution in [0.2, 0.25) is 0 Å². The van der Waals surface area contributed by atoms with E-state index in [9.17, 15) is 0 Å². The standard InChI is InChI=1S/C9H17/c1-3-9-6-4-8(2)5-7-9/h8-9H,2-7H2,1H3/q-1. The molecule has 0 amide bonds. The smallest absolute Gasteiger partial charge is 0.0419 e. The summed E-state index contributed by atoms with van der Waals surface area (Å²) < 4.78 is 0. The zero-order valence-electron chi connectivity index (χ0n) is 6.40. The molecule has 0 saturated heterocycles. The molecule has 9 heavy (non-hydrogen) atoms. The Hall–Kier alpha value is 0. The van der Waals surface area contributed by atoms with Crippen LogP contribution in [0.4, 0.5) is 0 Å². The van der Waals surface area contributed by atoms with Crippen LogP contribution in [0.25, 0.3) is 0 Å². The molecular weight excluding hydrogens is 108 g/mol. The third-order valence-electron chi connectivity index (χ3n) is 2.54. The fourth-order valence-corrected chi connectivity index (χ4v) is 1.64. The van der Waals surface area contributed by atoms with Crippen molar-refractivity contribution in [3.8, 4) is 0 Å². The average molecular weight is 125 g/mol. The minimum atomic E-state index is 0.771. The van der Waals surface area contributed by atoms with E-state index in [1.165, 1.54) is 32.1 Å². The molecule has 0 nitrogen and oxygen atoms in total.